The van der Waals surface area contributed by atoms with Gasteiger partial charge in [0.05, 0.1) is 10.5 Å². The third-order valence-corrected chi connectivity index (χ3v) is 7.64. The fourth-order valence-corrected chi connectivity index (χ4v) is 5.72. The average molecular weight is 512 g/mol. The molecule has 35 heavy (non-hydrogen) atoms. The highest BCUT2D eigenvalue weighted by Gasteiger charge is 2.68. The third kappa shape index (κ3) is 3.76. The van der Waals surface area contributed by atoms with Crippen LogP contribution in [0.2, 0.25) is 5.02 Å². The van der Waals surface area contributed by atoms with Crippen molar-refractivity contribution in [1.82, 2.24) is 4.57 Å². The van der Waals surface area contributed by atoms with Gasteiger partial charge in [-0.25, -0.2) is 4.39 Å². The van der Waals surface area contributed by atoms with Gasteiger partial charge in [0.25, 0.3) is 0 Å². The van der Waals surface area contributed by atoms with E-state index in [1.807, 2.05) is 4.57 Å². The highest BCUT2D eigenvalue weighted by molar-refractivity contribution is 6.30. The Morgan fingerprint density at radius 1 is 1.09 bits per heavy atom. The minimum atomic E-state index is -4.89. The van der Waals surface area contributed by atoms with E-state index in [1.165, 1.54) is 30.3 Å². The van der Waals surface area contributed by atoms with E-state index in [2.05, 4.69) is 0 Å². The fraction of sp³-hybridized carbons (Fsp3) is 0.400. The molecular formula is C25H22ClF4NO4. The van der Waals surface area contributed by atoms with Crippen LogP contribution >= 0.6 is 11.6 Å². The molecule has 3 aromatic rings. The Labute approximate surface area is 202 Å². The van der Waals surface area contributed by atoms with Crippen LogP contribution in [-0.2, 0) is 9.53 Å². The van der Waals surface area contributed by atoms with Crippen LogP contribution in [0.25, 0.3) is 16.6 Å². The van der Waals surface area contributed by atoms with Gasteiger partial charge < -0.3 is 19.5 Å². The van der Waals surface area contributed by atoms with Gasteiger partial charge in [0.2, 0.25) is 0 Å². The van der Waals surface area contributed by atoms with Gasteiger partial charge >= 0.3 is 12.1 Å². The fourth-order valence-electron chi connectivity index (χ4n) is 5.54. The number of rotatable bonds is 4. The summed E-state index contributed by atoms with van der Waals surface area (Å²) in [5.74, 6) is -3.33. The van der Waals surface area contributed by atoms with E-state index in [9.17, 15) is 32.6 Å². The smallest absolute Gasteiger partial charge is 0.404 e. The molecule has 186 valence electrons. The molecule has 2 aliphatic rings. The molecule has 1 aliphatic carbocycles. The first-order valence-electron chi connectivity index (χ1n) is 11.2. The third-order valence-electron chi connectivity index (χ3n) is 7.35. The van der Waals surface area contributed by atoms with E-state index in [0.717, 1.165) is 5.69 Å². The van der Waals surface area contributed by atoms with Gasteiger partial charge in [-0.1, -0.05) is 11.6 Å². The lowest BCUT2D eigenvalue weighted by Gasteiger charge is -2.46. The topological polar surface area (TPSA) is 71.7 Å². The molecule has 0 bridgehead atoms. The number of benzene rings is 2. The number of fused-ring (bicyclic) bond motifs is 1. The largest absolute Gasteiger partial charge is 0.508 e. The number of carbonyl (C=O) groups is 1. The molecule has 2 heterocycles. The van der Waals surface area contributed by atoms with Crippen LogP contribution in [0.1, 0.15) is 48.8 Å². The molecule has 5 rings (SSSR count). The highest BCUT2D eigenvalue weighted by atomic mass is 35.5. The van der Waals surface area contributed by atoms with Crippen LogP contribution in [0, 0.1) is 11.2 Å². The molecule has 0 atom stereocenters. The van der Waals surface area contributed by atoms with Crippen molar-refractivity contribution in [3.8, 4) is 11.4 Å². The second kappa shape index (κ2) is 8.41. The standard InChI is InChI=1S/C25H22ClF4NO4/c26-18-9-15(1-3-19(18)27)31-20-4-2-16(32)10-17(20)21(22(31)13-5-7-35-8-6-13)14-11-24(12-14,23(33)34)25(28,29)30/h1-4,9-10,13-14,32H,5-8,11-12H2,(H,33,34)/t14-,24-. The van der Waals surface area contributed by atoms with E-state index >= 15 is 0 Å². The normalized spacial score (nSPS) is 23.4. The number of alkyl halides is 3. The first-order chi connectivity index (χ1) is 16.5. The summed E-state index contributed by atoms with van der Waals surface area (Å²) in [4.78, 5) is 11.7. The van der Waals surface area contributed by atoms with Crippen molar-refractivity contribution in [3.05, 3.63) is 58.5 Å². The van der Waals surface area contributed by atoms with Gasteiger partial charge in [-0.3, -0.25) is 4.79 Å². The Kier molecular flexibility index (Phi) is 5.75. The lowest BCUT2D eigenvalue weighted by atomic mass is 9.58. The monoisotopic (exact) mass is 511 g/mol. The maximum absolute atomic E-state index is 14.0. The number of hydrogen-bond donors (Lipinski definition) is 2. The zero-order valence-corrected chi connectivity index (χ0v) is 19.2. The Morgan fingerprint density at radius 3 is 2.37 bits per heavy atom. The number of phenolic OH excluding ortho intramolecular Hbond substituents is 1. The number of hydrogen-bond acceptors (Lipinski definition) is 3. The van der Waals surface area contributed by atoms with Gasteiger partial charge in [-0.15, -0.1) is 0 Å². The highest BCUT2D eigenvalue weighted by Crippen LogP contribution is 2.62. The summed E-state index contributed by atoms with van der Waals surface area (Å²) in [6.45, 7) is 0.931. The number of nitrogens with zero attached hydrogens (tertiary/aromatic N) is 1. The van der Waals surface area contributed by atoms with Crippen LogP contribution in [0.15, 0.2) is 36.4 Å². The van der Waals surface area contributed by atoms with Crippen LogP contribution in [0.5, 0.6) is 5.75 Å². The van der Waals surface area contributed by atoms with E-state index < -0.39 is 42.1 Å². The summed E-state index contributed by atoms with van der Waals surface area (Å²) >= 11 is 6.07. The molecule has 10 heteroatoms. The molecular weight excluding hydrogens is 490 g/mol. The lowest BCUT2D eigenvalue weighted by molar-refractivity contribution is -0.256. The summed E-state index contributed by atoms with van der Waals surface area (Å²) in [5, 5.41) is 20.1. The zero-order valence-electron chi connectivity index (χ0n) is 18.4. The van der Waals surface area contributed by atoms with Gasteiger partial charge in [0.1, 0.15) is 11.6 Å². The van der Waals surface area contributed by atoms with Crippen molar-refractivity contribution in [2.75, 3.05) is 13.2 Å². The molecule has 2 aromatic carbocycles. The molecule has 0 radical (unpaired) electrons. The van der Waals surface area contributed by atoms with E-state index in [0.29, 0.717) is 48.2 Å². The van der Waals surface area contributed by atoms with Crippen molar-refractivity contribution >= 4 is 28.5 Å². The second-order valence-electron chi connectivity index (χ2n) is 9.31. The lowest BCUT2D eigenvalue weighted by Crippen LogP contribution is -2.53. The first kappa shape index (κ1) is 23.9. The summed E-state index contributed by atoms with van der Waals surface area (Å²) < 4.78 is 62.7. The Morgan fingerprint density at radius 2 is 1.77 bits per heavy atom. The van der Waals surface area contributed by atoms with Crippen LogP contribution in [0.3, 0.4) is 0 Å². The predicted octanol–water partition coefficient (Wildman–Crippen LogP) is 6.53. The second-order valence-corrected chi connectivity index (χ2v) is 9.72. The van der Waals surface area contributed by atoms with E-state index in [-0.39, 0.29) is 16.7 Å². The molecule has 5 nitrogen and oxygen atoms in total. The molecule has 2 N–H and O–H groups in total. The molecule has 0 spiro atoms. The predicted molar refractivity (Wildman–Crippen MR) is 121 cm³/mol. The molecule has 0 unspecified atom stereocenters. The van der Waals surface area contributed by atoms with Crippen LogP contribution < -0.4 is 0 Å². The minimum Gasteiger partial charge on any atom is -0.508 e. The van der Waals surface area contributed by atoms with Gasteiger partial charge in [0, 0.05) is 35.9 Å². The van der Waals surface area contributed by atoms with Gasteiger partial charge in [-0.2, -0.15) is 13.2 Å². The average Bonchev–Trinajstić information content (AvgIpc) is 3.08. The summed E-state index contributed by atoms with van der Waals surface area (Å²) in [5.41, 5.74) is -0.358. The number of aromatic nitrogens is 1. The summed E-state index contributed by atoms with van der Waals surface area (Å²) in [6.07, 6.45) is -4.86. The van der Waals surface area contributed by atoms with Crippen molar-refractivity contribution in [2.45, 2.75) is 43.7 Å². The number of ether oxygens (including phenoxy) is 1. The first-order valence-corrected chi connectivity index (χ1v) is 11.6. The molecule has 0 amide bonds. The van der Waals surface area contributed by atoms with E-state index in [1.54, 1.807) is 6.07 Å². The number of carboxylic acid groups (broad SMARTS) is 1. The maximum atomic E-state index is 14.0. The summed E-state index contributed by atoms with van der Waals surface area (Å²) in [6, 6.07) is 8.83. The molecule has 1 saturated heterocycles. The Balaban J connectivity index is 1.75. The number of aliphatic carboxylic acids is 1. The number of phenols is 1. The molecule has 1 aromatic heterocycles. The Bertz CT molecular complexity index is 1310. The van der Waals surface area contributed by atoms with Gasteiger partial charge in [-0.05, 0) is 73.6 Å². The van der Waals surface area contributed by atoms with Crippen molar-refractivity contribution < 1.29 is 37.3 Å². The van der Waals surface area contributed by atoms with Crippen molar-refractivity contribution in [2.24, 2.45) is 5.41 Å². The number of halogens is 5. The Hall–Kier alpha value is -2.78. The van der Waals surface area contributed by atoms with E-state index in [4.69, 9.17) is 16.3 Å². The SMILES string of the molecule is O=C(O)[C@]1(C(F)(F)F)C[C@H](c2c(C3CCOCC3)n(-c3ccc(F)c(Cl)c3)c3ccc(O)cc32)C1. The van der Waals surface area contributed by atoms with Crippen molar-refractivity contribution in [3.63, 3.8) is 0 Å². The molecule has 1 saturated carbocycles. The van der Waals surface area contributed by atoms with Gasteiger partial charge in [0.15, 0.2) is 5.41 Å². The quantitative estimate of drug-likeness (QED) is 0.390. The van der Waals surface area contributed by atoms with Crippen molar-refractivity contribution in [1.29, 1.82) is 0 Å². The van der Waals surface area contributed by atoms with Crippen LogP contribution in [-0.4, -0.2) is 40.1 Å². The molecule has 2 fully saturated rings. The number of aromatic hydroxyl groups is 1. The minimum absolute atomic E-state index is 0.0637. The summed E-state index contributed by atoms with van der Waals surface area (Å²) in [7, 11) is 0. The molecule has 1 aliphatic heterocycles. The number of carboxylic acids is 1. The zero-order chi connectivity index (χ0) is 25.1. The maximum Gasteiger partial charge on any atom is 0.404 e. The van der Waals surface area contributed by atoms with Crippen LogP contribution in [0.4, 0.5) is 17.6 Å².